The summed E-state index contributed by atoms with van der Waals surface area (Å²) in [7, 11) is 4.71. The van der Waals surface area contributed by atoms with Crippen LogP contribution in [-0.2, 0) is 9.71 Å². The van der Waals surface area contributed by atoms with Crippen molar-refractivity contribution in [2.24, 2.45) is 5.10 Å². The van der Waals surface area contributed by atoms with Gasteiger partial charge in [0.2, 0.25) is 0 Å². The summed E-state index contributed by atoms with van der Waals surface area (Å²) in [6, 6.07) is 12.1. The first-order valence-electron chi connectivity index (χ1n) is 9.48. The summed E-state index contributed by atoms with van der Waals surface area (Å²) in [5.74, 6) is -1.18. The summed E-state index contributed by atoms with van der Waals surface area (Å²) in [5.41, 5.74) is 0.851. The van der Waals surface area contributed by atoms with Gasteiger partial charge in [-0.1, -0.05) is 42.1 Å². The fourth-order valence-electron chi connectivity index (χ4n) is 3.26. The molecule has 0 aromatic heterocycles. The first-order chi connectivity index (χ1) is 14.4. The molecular formula is C21H25ClF2N4O2S. The zero-order valence-electron chi connectivity index (χ0n) is 17.5. The van der Waals surface area contributed by atoms with E-state index >= 15 is 0 Å². The summed E-state index contributed by atoms with van der Waals surface area (Å²) in [6.07, 6.45) is 1.27. The van der Waals surface area contributed by atoms with Crippen molar-refractivity contribution in [3.05, 3.63) is 71.3 Å². The number of rotatable bonds is 7. The molecule has 6 nitrogen and oxygen atoms in total. The van der Waals surface area contributed by atoms with E-state index in [1.165, 1.54) is 30.9 Å². The predicted octanol–water partition coefficient (Wildman–Crippen LogP) is 4.56. The molecule has 0 saturated heterocycles. The summed E-state index contributed by atoms with van der Waals surface area (Å²) in [6.45, 7) is 0.723. The van der Waals surface area contributed by atoms with Crippen molar-refractivity contribution in [2.75, 3.05) is 27.7 Å². The zero-order chi connectivity index (χ0) is 21.7. The molecule has 1 aliphatic heterocycles. The Balaban J connectivity index is 0.00000341. The standard InChI is InChI=1S/C21H24F2N4O2S.ClH/c1-24-13-7-12-21(15-8-5-4-6-9-15)27(20(28)26(2)29-3)25-19(30-21)17-14-16(22)10-11-18(17)23;/h4-6,8-11,14,24H,7,12-13H2,1-3H3;1H/t21-;/m0./s1. The highest BCUT2D eigenvalue weighted by Crippen LogP contribution is 2.50. The number of hydrazone groups is 1. The van der Waals surface area contributed by atoms with Crippen LogP contribution in [0.3, 0.4) is 0 Å². The number of nitrogens with zero attached hydrogens (tertiary/aromatic N) is 3. The Hall–Kier alpha value is -2.20. The largest absolute Gasteiger partial charge is 0.365 e. The molecule has 0 radical (unpaired) electrons. The van der Waals surface area contributed by atoms with Crippen LogP contribution in [0.5, 0.6) is 0 Å². The number of carbonyl (C=O) groups is 1. The summed E-state index contributed by atoms with van der Waals surface area (Å²) < 4.78 is 28.4. The summed E-state index contributed by atoms with van der Waals surface area (Å²) in [5, 5.41) is 10.2. The molecule has 3 rings (SSSR count). The molecule has 0 saturated carbocycles. The third kappa shape index (κ3) is 5.17. The van der Waals surface area contributed by atoms with Crippen LogP contribution in [0.4, 0.5) is 13.6 Å². The molecule has 0 fully saturated rings. The average Bonchev–Trinajstić information content (AvgIpc) is 3.15. The minimum Gasteiger partial charge on any atom is -0.320 e. The Kier molecular flexibility index (Phi) is 8.81. The number of nitrogens with one attached hydrogen (secondary N) is 1. The van der Waals surface area contributed by atoms with Crippen LogP contribution < -0.4 is 5.32 Å². The van der Waals surface area contributed by atoms with E-state index in [-0.39, 0.29) is 23.0 Å². The van der Waals surface area contributed by atoms with Gasteiger partial charge in [0.05, 0.1) is 7.11 Å². The van der Waals surface area contributed by atoms with Gasteiger partial charge in [-0.05, 0) is 50.2 Å². The lowest BCUT2D eigenvalue weighted by Crippen LogP contribution is -2.47. The van der Waals surface area contributed by atoms with E-state index < -0.39 is 22.5 Å². The highest BCUT2D eigenvalue weighted by atomic mass is 35.5. The quantitative estimate of drug-likeness (QED) is 0.476. The Morgan fingerprint density at radius 2 is 1.97 bits per heavy atom. The lowest BCUT2D eigenvalue weighted by Gasteiger charge is -2.37. The van der Waals surface area contributed by atoms with E-state index in [0.29, 0.717) is 6.42 Å². The second-order valence-electron chi connectivity index (χ2n) is 6.76. The maximum Gasteiger partial charge on any atom is 0.365 e. The smallest absolute Gasteiger partial charge is 0.320 e. The van der Waals surface area contributed by atoms with Gasteiger partial charge in [0.1, 0.15) is 21.5 Å². The molecule has 1 atom stereocenters. The fraction of sp³-hybridized carbons (Fsp3) is 0.333. The van der Waals surface area contributed by atoms with Crippen molar-refractivity contribution >= 4 is 35.2 Å². The minimum atomic E-state index is -0.934. The Morgan fingerprint density at radius 3 is 2.61 bits per heavy atom. The number of benzene rings is 2. The van der Waals surface area contributed by atoms with Gasteiger partial charge in [0, 0.05) is 12.6 Å². The lowest BCUT2D eigenvalue weighted by atomic mass is 10.0. The minimum absolute atomic E-state index is 0. The van der Waals surface area contributed by atoms with E-state index in [0.717, 1.165) is 41.8 Å². The SMILES string of the molecule is CNCCC[C@@]1(c2ccccc2)SC(c2cc(F)ccc2F)=NN1C(=O)N(C)OC.Cl. The maximum atomic E-state index is 14.5. The topological polar surface area (TPSA) is 57.2 Å². The first-order valence-corrected chi connectivity index (χ1v) is 10.3. The normalized spacial score (nSPS) is 17.8. The highest BCUT2D eigenvalue weighted by Gasteiger charge is 2.49. The Morgan fingerprint density at radius 1 is 1.26 bits per heavy atom. The average molecular weight is 471 g/mol. The van der Waals surface area contributed by atoms with Crippen molar-refractivity contribution in [2.45, 2.75) is 17.7 Å². The van der Waals surface area contributed by atoms with E-state index in [9.17, 15) is 13.6 Å². The van der Waals surface area contributed by atoms with Gasteiger partial charge >= 0.3 is 6.03 Å². The summed E-state index contributed by atoms with van der Waals surface area (Å²) >= 11 is 1.24. The molecular weight excluding hydrogens is 446 g/mol. The fourth-order valence-corrected chi connectivity index (χ4v) is 4.67. The van der Waals surface area contributed by atoms with Gasteiger partial charge in [-0.15, -0.1) is 12.4 Å². The molecule has 1 heterocycles. The van der Waals surface area contributed by atoms with Gasteiger partial charge in [0.25, 0.3) is 0 Å². The van der Waals surface area contributed by atoms with Gasteiger partial charge < -0.3 is 5.32 Å². The van der Waals surface area contributed by atoms with Crippen molar-refractivity contribution in [1.82, 2.24) is 15.4 Å². The van der Waals surface area contributed by atoms with Crippen LogP contribution in [0.15, 0.2) is 53.6 Å². The van der Waals surface area contributed by atoms with Crippen molar-refractivity contribution in [3.63, 3.8) is 0 Å². The molecule has 168 valence electrons. The van der Waals surface area contributed by atoms with Gasteiger partial charge in [-0.3, -0.25) is 4.84 Å². The molecule has 10 heteroatoms. The Labute approximate surface area is 191 Å². The summed E-state index contributed by atoms with van der Waals surface area (Å²) in [4.78, 5) is 17.3. The third-order valence-electron chi connectivity index (χ3n) is 4.85. The van der Waals surface area contributed by atoms with E-state index in [4.69, 9.17) is 4.84 Å². The number of halogens is 3. The second-order valence-corrected chi connectivity index (χ2v) is 8.03. The van der Waals surface area contributed by atoms with Crippen LogP contribution >= 0.6 is 24.2 Å². The lowest BCUT2D eigenvalue weighted by molar-refractivity contribution is -0.0805. The molecule has 0 aliphatic carbocycles. The number of carbonyl (C=O) groups excluding carboxylic acids is 1. The molecule has 0 bridgehead atoms. The first kappa shape index (κ1) is 25.1. The predicted molar refractivity (Wildman–Crippen MR) is 121 cm³/mol. The van der Waals surface area contributed by atoms with Crippen LogP contribution in [0.1, 0.15) is 24.0 Å². The van der Waals surface area contributed by atoms with Crippen molar-refractivity contribution in [1.29, 1.82) is 0 Å². The molecule has 0 unspecified atom stereocenters. The van der Waals surface area contributed by atoms with E-state index in [1.807, 2.05) is 37.4 Å². The molecule has 2 amide bonds. The molecule has 2 aromatic carbocycles. The van der Waals surface area contributed by atoms with Gasteiger partial charge in [0.15, 0.2) is 0 Å². The number of hydrogen-bond donors (Lipinski definition) is 1. The molecule has 1 N–H and O–H groups in total. The zero-order valence-corrected chi connectivity index (χ0v) is 19.1. The monoisotopic (exact) mass is 470 g/mol. The van der Waals surface area contributed by atoms with Crippen LogP contribution in [0.2, 0.25) is 0 Å². The third-order valence-corrected chi connectivity index (χ3v) is 6.29. The molecule has 2 aromatic rings. The van der Waals surface area contributed by atoms with E-state index in [2.05, 4.69) is 10.4 Å². The molecule has 1 aliphatic rings. The van der Waals surface area contributed by atoms with Crippen LogP contribution in [0, 0.1) is 11.6 Å². The number of hydrogen-bond acceptors (Lipinski definition) is 5. The van der Waals surface area contributed by atoms with Crippen LogP contribution in [0.25, 0.3) is 0 Å². The van der Waals surface area contributed by atoms with Crippen LogP contribution in [-0.4, -0.2) is 48.9 Å². The van der Waals surface area contributed by atoms with E-state index in [1.54, 1.807) is 0 Å². The highest BCUT2D eigenvalue weighted by molar-refractivity contribution is 8.15. The van der Waals surface area contributed by atoms with Gasteiger partial charge in [-0.2, -0.15) is 10.1 Å². The number of amides is 2. The number of thioether (sulfide) groups is 1. The maximum absolute atomic E-state index is 14.5. The van der Waals surface area contributed by atoms with Gasteiger partial charge in [-0.25, -0.2) is 18.6 Å². The molecule has 31 heavy (non-hydrogen) atoms. The Bertz CT molecular complexity index is 935. The molecule has 0 spiro atoms. The second kappa shape index (κ2) is 10.9. The number of urea groups is 1. The number of hydroxylamine groups is 2. The van der Waals surface area contributed by atoms with Crippen molar-refractivity contribution in [3.8, 4) is 0 Å². The van der Waals surface area contributed by atoms with Crippen molar-refractivity contribution < 1.29 is 18.4 Å².